The number of halogens is 2. The summed E-state index contributed by atoms with van der Waals surface area (Å²) in [6.07, 6.45) is 3.42. The van der Waals surface area contributed by atoms with Gasteiger partial charge in [-0.05, 0) is 30.7 Å². The van der Waals surface area contributed by atoms with E-state index in [1.165, 1.54) is 29.4 Å². The lowest BCUT2D eigenvalue weighted by molar-refractivity contribution is -0.0482. The van der Waals surface area contributed by atoms with Crippen molar-refractivity contribution in [2.45, 2.75) is 25.0 Å². The minimum Gasteiger partial charge on any atom is -0.484 e. The SMILES string of the molecule is CC1(Oc2ccnc(C#N)c2)CN(C(=O)N2N=CCC2c2cc(F)cc(F)c2)C1. The van der Waals surface area contributed by atoms with E-state index in [0.717, 1.165) is 6.07 Å². The first-order valence-corrected chi connectivity index (χ1v) is 8.99. The second-order valence-corrected chi connectivity index (χ2v) is 7.28. The molecule has 9 heteroatoms. The van der Waals surface area contributed by atoms with Gasteiger partial charge in [-0.1, -0.05) is 0 Å². The smallest absolute Gasteiger partial charge is 0.341 e. The third-order valence-corrected chi connectivity index (χ3v) is 4.83. The minimum absolute atomic E-state index is 0.245. The van der Waals surface area contributed by atoms with Crippen molar-refractivity contribution in [1.82, 2.24) is 14.9 Å². The highest BCUT2D eigenvalue weighted by Crippen LogP contribution is 2.34. The molecule has 1 aromatic heterocycles. The molecule has 0 radical (unpaired) electrons. The molecule has 0 bridgehead atoms. The number of nitriles is 1. The number of urea groups is 1. The Labute approximate surface area is 165 Å². The Kier molecular flexibility index (Phi) is 4.62. The molecule has 0 spiro atoms. The zero-order chi connectivity index (χ0) is 20.6. The molecule has 1 unspecified atom stereocenters. The van der Waals surface area contributed by atoms with Gasteiger partial charge in [-0.2, -0.15) is 10.4 Å². The number of benzene rings is 1. The zero-order valence-electron chi connectivity index (χ0n) is 15.5. The number of amides is 2. The normalized spacial score (nSPS) is 19.6. The van der Waals surface area contributed by atoms with E-state index in [0.29, 0.717) is 30.8 Å². The Hall–Kier alpha value is -3.54. The summed E-state index contributed by atoms with van der Waals surface area (Å²) >= 11 is 0. The van der Waals surface area contributed by atoms with Crippen LogP contribution in [0, 0.1) is 23.0 Å². The predicted molar refractivity (Wildman–Crippen MR) is 99.0 cm³/mol. The molecule has 0 N–H and O–H groups in total. The summed E-state index contributed by atoms with van der Waals surface area (Å²) in [7, 11) is 0. The summed E-state index contributed by atoms with van der Waals surface area (Å²) in [5.74, 6) is -0.893. The number of hydrogen-bond donors (Lipinski definition) is 0. The highest BCUT2D eigenvalue weighted by molar-refractivity contribution is 5.79. The van der Waals surface area contributed by atoms with Crippen LogP contribution >= 0.6 is 0 Å². The van der Waals surface area contributed by atoms with Gasteiger partial charge in [-0.15, -0.1) is 0 Å². The fourth-order valence-corrected chi connectivity index (χ4v) is 3.57. The van der Waals surface area contributed by atoms with Gasteiger partial charge in [-0.25, -0.2) is 23.6 Å². The van der Waals surface area contributed by atoms with E-state index >= 15 is 0 Å². The lowest BCUT2D eigenvalue weighted by Gasteiger charge is -2.48. The first-order valence-electron chi connectivity index (χ1n) is 8.99. The van der Waals surface area contributed by atoms with Gasteiger partial charge in [0.1, 0.15) is 34.7 Å². The molecule has 0 saturated carbocycles. The number of pyridine rings is 1. The van der Waals surface area contributed by atoms with Gasteiger partial charge in [0.15, 0.2) is 0 Å². The Balaban J connectivity index is 1.43. The summed E-state index contributed by atoms with van der Waals surface area (Å²) in [4.78, 5) is 18.3. The Morgan fingerprint density at radius 1 is 1.28 bits per heavy atom. The van der Waals surface area contributed by atoms with E-state index in [9.17, 15) is 13.6 Å². The van der Waals surface area contributed by atoms with Crippen LogP contribution in [0.4, 0.5) is 13.6 Å². The second kappa shape index (κ2) is 7.13. The molecule has 7 nitrogen and oxygen atoms in total. The molecule has 2 aliphatic heterocycles. The summed E-state index contributed by atoms with van der Waals surface area (Å²) in [6.45, 7) is 2.48. The third-order valence-electron chi connectivity index (χ3n) is 4.83. The molecule has 2 aliphatic rings. The maximum Gasteiger partial charge on any atom is 0.341 e. The molecular weight excluding hydrogens is 380 g/mol. The van der Waals surface area contributed by atoms with E-state index in [1.54, 1.807) is 17.2 Å². The quantitative estimate of drug-likeness (QED) is 0.796. The van der Waals surface area contributed by atoms with Crippen LogP contribution < -0.4 is 4.74 Å². The molecule has 2 amide bonds. The van der Waals surface area contributed by atoms with E-state index < -0.39 is 23.3 Å². The lowest BCUT2D eigenvalue weighted by atomic mass is 9.96. The number of hydrogen-bond acceptors (Lipinski definition) is 5. The average molecular weight is 397 g/mol. The summed E-state index contributed by atoms with van der Waals surface area (Å²) < 4.78 is 33.1. The van der Waals surface area contributed by atoms with Crippen molar-refractivity contribution in [2.75, 3.05) is 13.1 Å². The fraction of sp³-hybridized carbons (Fsp3) is 0.300. The first-order chi connectivity index (χ1) is 13.9. The van der Waals surface area contributed by atoms with Gasteiger partial charge in [-0.3, -0.25) is 0 Å². The highest BCUT2D eigenvalue weighted by Gasteiger charge is 2.46. The summed E-state index contributed by atoms with van der Waals surface area (Å²) in [5.41, 5.74) is -0.0168. The van der Waals surface area contributed by atoms with Crippen LogP contribution in [0.25, 0.3) is 0 Å². The summed E-state index contributed by atoms with van der Waals surface area (Å²) in [6, 6.07) is 7.43. The number of rotatable bonds is 3. The van der Waals surface area contributed by atoms with Gasteiger partial charge < -0.3 is 9.64 Å². The zero-order valence-corrected chi connectivity index (χ0v) is 15.5. The van der Waals surface area contributed by atoms with Crippen LogP contribution in [-0.4, -0.2) is 45.8 Å². The molecule has 1 atom stereocenters. The van der Waals surface area contributed by atoms with E-state index in [1.807, 2.05) is 13.0 Å². The van der Waals surface area contributed by atoms with E-state index in [4.69, 9.17) is 10.00 Å². The number of likely N-dealkylation sites (tertiary alicyclic amines) is 1. The number of hydrazone groups is 1. The van der Waals surface area contributed by atoms with Crippen molar-refractivity contribution in [3.63, 3.8) is 0 Å². The maximum absolute atomic E-state index is 13.6. The van der Waals surface area contributed by atoms with Crippen molar-refractivity contribution < 1.29 is 18.3 Å². The van der Waals surface area contributed by atoms with Crippen LogP contribution in [0.2, 0.25) is 0 Å². The number of carbonyl (C=O) groups excluding carboxylic acids is 1. The molecule has 3 heterocycles. The van der Waals surface area contributed by atoms with Gasteiger partial charge in [0.25, 0.3) is 0 Å². The first kappa shape index (κ1) is 18.8. The number of carbonyl (C=O) groups is 1. The van der Waals surface area contributed by atoms with Crippen LogP contribution in [0.15, 0.2) is 41.6 Å². The van der Waals surface area contributed by atoms with Gasteiger partial charge in [0.2, 0.25) is 0 Å². The minimum atomic E-state index is -0.696. The van der Waals surface area contributed by atoms with Crippen LogP contribution in [0.1, 0.15) is 30.6 Å². The standard InChI is InChI=1S/C20H17F2N5O2/c1-20(29-17-2-4-24-16(9-17)10-23)11-26(12-20)19(28)27-18(3-5-25-27)13-6-14(21)8-15(22)7-13/h2,4-9,18H,3,11-12H2,1H3. The topological polar surface area (TPSA) is 81.8 Å². The Bertz CT molecular complexity index is 1010. The van der Waals surface area contributed by atoms with Crippen molar-refractivity contribution in [2.24, 2.45) is 5.10 Å². The molecule has 4 rings (SSSR count). The second-order valence-electron chi connectivity index (χ2n) is 7.28. The monoisotopic (exact) mass is 397 g/mol. The maximum atomic E-state index is 13.6. The van der Waals surface area contributed by atoms with E-state index in [-0.39, 0.29) is 11.7 Å². The van der Waals surface area contributed by atoms with Gasteiger partial charge in [0, 0.05) is 31.0 Å². The summed E-state index contributed by atoms with van der Waals surface area (Å²) in [5, 5.41) is 14.3. The highest BCUT2D eigenvalue weighted by atomic mass is 19.1. The van der Waals surface area contributed by atoms with Gasteiger partial charge in [0.05, 0.1) is 19.1 Å². The molecule has 29 heavy (non-hydrogen) atoms. The van der Waals surface area contributed by atoms with Crippen LogP contribution in [0.3, 0.4) is 0 Å². The Morgan fingerprint density at radius 2 is 2.00 bits per heavy atom. The molecule has 2 aromatic rings. The Morgan fingerprint density at radius 3 is 2.69 bits per heavy atom. The number of ether oxygens (including phenoxy) is 1. The molecule has 148 valence electrons. The molecule has 1 fully saturated rings. The fourth-order valence-electron chi connectivity index (χ4n) is 3.57. The molecular formula is C20H17F2N5O2. The predicted octanol–water partition coefficient (Wildman–Crippen LogP) is 3.24. The van der Waals surface area contributed by atoms with Crippen molar-refractivity contribution in [1.29, 1.82) is 5.26 Å². The third kappa shape index (κ3) is 3.74. The van der Waals surface area contributed by atoms with Crippen molar-refractivity contribution in [3.8, 4) is 11.8 Å². The number of nitrogens with zero attached hydrogens (tertiary/aromatic N) is 5. The molecule has 1 aromatic carbocycles. The molecule has 0 aliphatic carbocycles. The van der Waals surface area contributed by atoms with Crippen LogP contribution in [0.5, 0.6) is 5.75 Å². The lowest BCUT2D eigenvalue weighted by Crippen LogP contribution is -2.66. The average Bonchev–Trinajstić information content (AvgIpc) is 3.14. The number of aromatic nitrogens is 1. The van der Waals surface area contributed by atoms with Crippen molar-refractivity contribution >= 4 is 12.2 Å². The van der Waals surface area contributed by atoms with E-state index in [2.05, 4.69) is 10.1 Å². The van der Waals surface area contributed by atoms with Gasteiger partial charge >= 0.3 is 6.03 Å². The molecule has 1 saturated heterocycles. The van der Waals surface area contributed by atoms with Crippen LogP contribution in [-0.2, 0) is 0 Å². The van der Waals surface area contributed by atoms with Crippen molar-refractivity contribution in [3.05, 3.63) is 59.4 Å². The largest absolute Gasteiger partial charge is 0.484 e.